The molecule has 5 heteroatoms. The topological polar surface area (TPSA) is 74.1 Å². The highest BCUT2D eigenvalue weighted by molar-refractivity contribution is 5.87. The predicted octanol–water partition coefficient (Wildman–Crippen LogP) is 3.48. The summed E-state index contributed by atoms with van der Waals surface area (Å²) in [6, 6.07) is 4.20. The lowest BCUT2D eigenvalue weighted by Gasteiger charge is -2.34. The first-order valence-electron chi connectivity index (χ1n) is 10.7. The maximum Gasteiger partial charge on any atom is 0.223 e. The van der Waals surface area contributed by atoms with Crippen molar-refractivity contribution >= 4 is 23.3 Å². The van der Waals surface area contributed by atoms with Crippen LogP contribution in [-0.4, -0.2) is 34.7 Å². The normalized spacial score (nSPS) is 20.9. The van der Waals surface area contributed by atoms with Gasteiger partial charge in [-0.1, -0.05) is 18.2 Å². The fraction of sp³-hybridized carbons (Fsp3) is 0.500. The van der Waals surface area contributed by atoms with E-state index in [-0.39, 0.29) is 23.7 Å². The predicted molar refractivity (Wildman–Crippen MR) is 109 cm³/mol. The summed E-state index contributed by atoms with van der Waals surface area (Å²) in [7, 11) is 0. The summed E-state index contributed by atoms with van der Waals surface area (Å²) in [4.78, 5) is 31.5. The average molecular weight is 387 g/mol. The molecule has 0 aromatic carbocycles. The monoisotopic (exact) mass is 387 g/mol. The van der Waals surface area contributed by atoms with Crippen molar-refractivity contribution in [2.24, 2.45) is 11.3 Å². The summed E-state index contributed by atoms with van der Waals surface area (Å²) in [6.07, 6.45) is 12.6. The van der Waals surface area contributed by atoms with Crippen molar-refractivity contribution in [3.8, 4) is 6.07 Å². The van der Waals surface area contributed by atoms with Crippen molar-refractivity contribution in [2.75, 3.05) is 13.1 Å². The molecule has 1 aromatic heterocycles. The number of fused-ring (bicyclic) bond motifs is 1. The number of hydrogen-bond acceptors (Lipinski definition) is 4. The molecule has 0 atom stereocenters. The Morgan fingerprint density at radius 2 is 2.14 bits per heavy atom. The SMILES string of the molecule is N#CCCC(=O)N1CC=C(c2cc(CC(=O)C3CC3)nc3c2C=CC3)C2(CC2)C1. The van der Waals surface area contributed by atoms with E-state index in [0.717, 1.165) is 50.0 Å². The summed E-state index contributed by atoms with van der Waals surface area (Å²) in [5.41, 5.74) is 5.73. The van der Waals surface area contributed by atoms with E-state index in [1.54, 1.807) is 0 Å². The first kappa shape index (κ1) is 18.3. The van der Waals surface area contributed by atoms with Crippen molar-refractivity contribution < 1.29 is 9.59 Å². The molecule has 1 aromatic rings. The van der Waals surface area contributed by atoms with Crippen LogP contribution >= 0.6 is 0 Å². The number of carbonyl (C=O) groups is 2. The molecule has 2 saturated carbocycles. The lowest BCUT2D eigenvalue weighted by atomic mass is 9.83. The second kappa shape index (κ2) is 6.95. The number of nitriles is 1. The van der Waals surface area contributed by atoms with Gasteiger partial charge >= 0.3 is 0 Å². The molecule has 5 nitrogen and oxygen atoms in total. The van der Waals surface area contributed by atoms with Crippen LogP contribution in [-0.2, 0) is 22.4 Å². The van der Waals surface area contributed by atoms with Gasteiger partial charge in [-0.3, -0.25) is 14.6 Å². The Bertz CT molecular complexity index is 990. The van der Waals surface area contributed by atoms with Gasteiger partial charge in [0.1, 0.15) is 5.78 Å². The number of hydrogen-bond donors (Lipinski definition) is 0. The Kier molecular flexibility index (Phi) is 4.38. The fourth-order valence-corrected chi connectivity index (χ4v) is 4.76. The lowest BCUT2D eigenvalue weighted by Crippen LogP contribution is -2.40. The van der Waals surface area contributed by atoms with Crippen molar-refractivity contribution in [3.05, 3.63) is 40.7 Å². The number of carbonyl (C=O) groups excluding carboxylic acids is 2. The van der Waals surface area contributed by atoms with Crippen molar-refractivity contribution in [1.82, 2.24) is 9.88 Å². The molecule has 0 saturated heterocycles. The summed E-state index contributed by atoms with van der Waals surface area (Å²) in [5.74, 6) is 0.648. The van der Waals surface area contributed by atoms with Gasteiger partial charge in [0.2, 0.25) is 5.91 Å². The van der Waals surface area contributed by atoms with Crippen molar-refractivity contribution in [2.45, 2.75) is 51.4 Å². The van der Waals surface area contributed by atoms with E-state index in [0.29, 0.717) is 25.2 Å². The number of pyridine rings is 1. The maximum absolute atomic E-state index is 12.4. The van der Waals surface area contributed by atoms with E-state index in [1.165, 1.54) is 16.7 Å². The summed E-state index contributed by atoms with van der Waals surface area (Å²) < 4.78 is 0. The Morgan fingerprint density at radius 3 is 2.86 bits per heavy atom. The largest absolute Gasteiger partial charge is 0.338 e. The lowest BCUT2D eigenvalue weighted by molar-refractivity contribution is -0.131. The van der Waals surface area contributed by atoms with E-state index in [2.05, 4.69) is 30.4 Å². The van der Waals surface area contributed by atoms with Crippen LogP contribution in [0, 0.1) is 22.7 Å². The molecule has 0 unspecified atom stereocenters. The molecule has 1 aliphatic heterocycles. The minimum absolute atomic E-state index is 0.0316. The van der Waals surface area contributed by atoms with Gasteiger partial charge in [0, 0.05) is 61.4 Å². The van der Waals surface area contributed by atoms with Crippen LogP contribution in [0.3, 0.4) is 0 Å². The van der Waals surface area contributed by atoms with Crippen LogP contribution in [0.2, 0.25) is 0 Å². The minimum Gasteiger partial charge on any atom is -0.338 e. The molecule has 0 radical (unpaired) electrons. The Balaban J connectivity index is 1.45. The van der Waals surface area contributed by atoms with Gasteiger partial charge in [0.15, 0.2) is 0 Å². The average Bonchev–Trinajstić information content (AvgIpc) is 3.65. The highest BCUT2D eigenvalue weighted by Crippen LogP contribution is 2.58. The Labute approximate surface area is 171 Å². The van der Waals surface area contributed by atoms with Gasteiger partial charge in [-0.2, -0.15) is 5.26 Å². The van der Waals surface area contributed by atoms with Crippen molar-refractivity contribution in [1.29, 1.82) is 5.26 Å². The third kappa shape index (κ3) is 3.42. The van der Waals surface area contributed by atoms with Crippen molar-refractivity contribution in [3.63, 3.8) is 0 Å². The molecule has 1 spiro atoms. The van der Waals surface area contributed by atoms with Crippen LogP contribution in [0.4, 0.5) is 0 Å². The molecule has 3 aliphatic carbocycles. The second-order valence-electron chi connectivity index (χ2n) is 8.88. The molecule has 4 aliphatic rings. The van der Waals surface area contributed by atoms with Gasteiger partial charge in [-0.15, -0.1) is 0 Å². The zero-order valence-electron chi connectivity index (χ0n) is 16.6. The van der Waals surface area contributed by atoms with Crippen LogP contribution < -0.4 is 0 Å². The summed E-state index contributed by atoms with van der Waals surface area (Å²) in [6.45, 7) is 1.33. The second-order valence-corrected chi connectivity index (χ2v) is 8.88. The zero-order valence-corrected chi connectivity index (χ0v) is 16.6. The molecule has 2 heterocycles. The summed E-state index contributed by atoms with van der Waals surface area (Å²) >= 11 is 0. The van der Waals surface area contributed by atoms with Gasteiger partial charge in [-0.25, -0.2) is 0 Å². The number of aromatic nitrogens is 1. The molecule has 29 heavy (non-hydrogen) atoms. The van der Waals surface area contributed by atoms with Crippen LogP contribution in [0.25, 0.3) is 11.6 Å². The molecule has 2 fully saturated rings. The van der Waals surface area contributed by atoms with Crippen LogP contribution in [0.5, 0.6) is 0 Å². The maximum atomic E-state index is 12.4. The molecular weight excluding hydrogens is 362 g/mol. The van der Waals surface area contributed by atoms with E-state index < -0.39 is 0 Å². The summed E-state index contributed by atoms with van der Waals surface area (Å²) in [5, 5.41) is 8.77. The molecule has 1 amide bonds. The quantitative estimate of drug-likeness (QED) is 0.749. The molecule has 5 rings (SSSR count). The minimum atomic E-state index is 0.0316. The fourth-order valence-electron chi connectivity index (χ4n) is 4.76. The van der Waals surface area contributed by atoms with E-state index in [1.807, 2.05) is 4.90 Å². The third-order valence-electron chi connectivity index (χ3n) is 6.70. The number of Topliss-reactive ketones (excluding diaryl/α,β-unsaturated/α-hetero) is 1. The van der Waals surface area contributed by atoms with Gasteiger partial charge in [0.05, 0.1) is 11.8 Å². The van der Waals surface area contributed by atoms with Gasteiger partial charge in [0.25, 0.3) is 0 Å². The highest BCUT2D eigenvalue weighted by Gasteiger charge is 2.50. The number of rotatable bonds is 6. The molecule has 148 valence electrons. The molecule has 0 N–H and O–H groups in total. The number of nitrogens with zero attached hydrogens (tertiary/aromatic N) is 3. The third-order valence-corrected chi connectivity index (χ3v) is 6.70. The standard InChI is InChI=1S/C24H25N3O2/c25-11-2-5-23(29)27-12-8-20(24(15-27)9-10-24)19-13-17(14-22(28)16-6-7-16)26-21-4-1-3-18(19)21/h1,3,8,13,16H,2,4-7,9-10,12,14-15H2. The number of ketones is 1. The number of allylic oxidation sites excluding steroid dienone is 1. The molecular formula is C24H25N3O2. The van der Waals surface area contributed by atoms with Gasteiger partial charge in [-0.05, 0) is 42.9 Å². The zero-order chi connectivity index (χ0) is 20.0. The first-order chi connectivity index (χ1) is 14.1. The van der Waals surface area contributed by atoms with Crippen LogP contribution in [0.1, 0.15) is 61.0 Å². The number of amides is 1. The van der Waals surface area contributed by atoms with E-state index in [4.69, 9.17) is 10.2 Å². The molecule has 0 bridgehead atoms. The Hall–Kier alpha value is -2.74. The van der Waals surface area contributed by atoms with Gasteiger partial charge < -0.3 is 4.90 Å². The smallest absolute Gasteiger partial charge is 0.223 e. The van der Waals surface area contributed by atoms with Crippen LogP contribution in [0.15, 0.2) is 18.2 Å². The van der Waals surface area contributed by atoms with E-state index >= 15 is 0 Å². The highest BCUT2D eigenvalue weighted by atomic mass is 16.2. The first-order valence-corrected chi connectivity index (χ1v) is 10.7. The van der Waals surface area contributed by atoms with E-state index in [9.17, 15) is 9.59 Å². The Morgan fingerprint density at radius 1 is 1.31 bits per heavy atom.